The van der Waals surface area contributed by atoms with Gasteiger partial charge in [-0.25, -0.2) is 3.63 Å². The van der Waals surface area contributed by atoms with Crippen molar-refractivity contribution in [3.05, 3.63) is 88.0 Å². The third-order valence-electron chi connectivity index (χ3n) is 12.2. The second kappa shape index (κ2) is 16.9. The third-order valence-corrected chi connectivity index (χ3v) is 17.8. The second-order valence-corrected chi connectivity index (χ2v) is 20.6. The van der Waals surface area contributed by atoms with Crippen molar-refractivity contribution in [1.82, 2.24) is 0 Å². The minimum atomic E-state index is -4.27. The molecule has 52 heavy (non-hydrogen) atoms. The van der Waals surface area contributed by atoms with E-state index in [1.807, 2.05) is 18.2 Å². The average molecular weight is 747 g/mol. The molecular formula is C46H66O4S2. The molecule has 3 aromatic rings. The number of aryl methyl sites for hydroxylation is 6. The van der Waals surface area contributed by atoms with Gasteiger partial charge in [-0.2, -0.15) is 8.42 Å². The van der Waals surface area contributed by atoms with E-state index >= 15 is 8.42 Å². The summed E-state index contributed by atoms with van der Waals surface area (Å²) in [5.41, 5.74) is 6.17. The molecule has 2 aliphatic rings. The van der Waals surface area contributed by atoms with Gasteiger partial charge in [-0.05, 0) is 119 Å². The number of fused-ring (bicyclic) bond motifs is 2. The van der Waals surface area contributed by atoms with Crippen molar-refractivity contribution in [1.29, 1.82) is 0 Å². The van der Waals surface area contributed by atoms with Crippen molar-refractivity contribution < 1.29 is 16.8 Å². The standard InChI is InChI=1S/C46H66O4S2/c1-9-18-34-28-36(20-11-3)43(37(29-34)21-12-4)52(41-24-16-15-17-25-41,44-38(22-13-5)30-35(19-10-2)31-39(44)23-14-6)50-51(48,49)33-46-27-26-40(32-42(46)47)45(46,7)8/h15-17,24-25,28-31,40H,9-14,18-23,26-27,32-33H2,1-8H3. The van der Waals surface area contributed by atoms with E-state index < -0.39 is 31.3 Å². The van der Waals surface area contributed by atoms with Gasteiger partial charge < -0.3 is 0 Å². The highest BCUT2D eigenvalue weighted by molar-refractivity contribution is 8.33. The molecule has 0 saturated heterocycles. The molecule has 0 radical (unpaired) electrons. The van der Waals surface area contributed by atoms with E-state index in [2.05, 4.69) is 91.8 Å². The predicted molar refractivity (Wildman–Crippen MR) is 219 cm³/mol. The molecule has 2 aliphatic carbocycles. The summed E-state index contributed by atoms with van der Waals surface area (Å²) in [5, 5.41) is 0. The summed E-state index contributed by atoms with van der Waals surface area (Å²) >= 11 is 0. The molecule has 286 valence electrons. The van der Waals surface area contributed by atoms with E-state index in [0.29, 0.717) is 12.8 Å². The van der Waals surface area contributed by atoms with E-state index in [0.717, 1.165) is 98.2 Å². The Labute approximate surface area is 318 Å². The number of rotatable bonds is 19. The molecule has 0 heterocycles. The van der Waals surface area contributed by atoms with Gasteiger partial charge in [0.25, 0.3) is 10.1 Å². The van der Waals surface area contributed by atoms with Gasteiger partial charge in [0, 0.05) is 21.1 Å². The quantitative estimate of drug-likeness (QED) is 0.123. The maximum absolute atomic E-state index is 15.4. The van der Waals surface area contributed by atoms with Crippen LogP contribution in [0, 0.1) is 16.7 Å². The van der Waals surface area contributed by atoms with Crippen LogP contribution in [0.15, 0.2) is 69.3 Å². The Bertz CT molecular complexity index is 1690. The lowest BCUT2D eigenvalue weighted by Gasteiger charge is -2.45. The van der Waals surface area contributed by atoms with Crippen LogP contribution in [0.25, 0.3) is 0 Å². The fraction of sp³-hybridized carbons (Fsp3) is 0.587. The zero-order valence-electron chi connectivity index (χ0n) is 33.5. The molecule has 5 rings (SSSR count). The second-order valence-electron chi connectivity index (χ2n) is 16.3. The van der Waals surface area contributed by atoms with Gasteiger partial charge in [0.15, 0.2) is 0 Å². The van der Waals surface area contributed by atoms with E-state index in [1.165, 1.54) is 33.4 Å². The van der Waals surface area contributed by atoms with E-state index in [9.17, 15) is 4.79 Å². The Hall–Kier alpha value is -2.41. The first-order chi connectivity index (χ1) is 24.9. The number of hydrogen-bond acceptors (Lipinski definition) is 4. The minimum absolute atomic E-state index is 0.103. The number of benzene rings is 3. The van der Waals surface area contributed by atoms with Crippen molar-refractivity contribution >= 4 is 26.2 Å². The van der Waals surface area contributed by atoms with E-state index in [-0.39, 0.29) is 17.5 Å². The maximum Gasteiger partial charge on any atom is 0.278 e. The topological polar surface area (TPSA) is 60.4 Å². The van der Waals surface area contributed by atoms with Gasteiger partial charge in [-0.15, -0.1) is 0 Å². The van der Waals surface area contributed by atoms with Crippen molar-refractivity contribution in [2.24, 2.45) is 16.7 Å². The highest BCUT2D eigenvalue weighted by Gasteiger charge is 2.66. The first kappa shape index (κ1) is 40.8. The van der Waals surface area contributed by atoms with Crippen LogP contribution in [-0.2, 0) is 57.1 Å². The van der Waals surface area contributed by atoms with Crippen LogP contribution >= 0.6 is 10.3 Å². The zero-order chi connectivity index (χ0) is 37.7. The Morgan fingerprint density at radius 2 is 1.08 bits per heavy atom. The molecule has 2 atom stereocenters. The highest BCUT2D eigenvalue weighted by atomic mass is 32.3. The minimum Gasteiger partial charge on any atom is -0.299 e. The molecule has 2 saturated carbocycles. The number of carbonyl (C=O) groups excluding carboxylic acids is 1. The number of carbonyl (C=O) groups is 1. The van der Waals surface area contributed by atoms with Crippen LogP contribution in [0.1, 0.15) is 147 Å². The molecule has 2 unspecified atom stereocenters. The van der Waals surface area contributed by atoms with Gasteiger partial charge in [-0.1, -0.05) is 136 Å². The molecule has 2 bridgehead atoms. The zero-order valence-corrected chi connectivity index (χ0v) is 35.2. The molecule has 2 fully saturated rings. The van der Waals surface area contributed by atoms with Gasteiger partial charge in [-0.3, -0.25) is 4.79 Å². The lowest BCUT2D eigenvalue weighted by molar-refractivity contribution is -0.128. The lowest BCUT2D eigenvalue weighted by atomic mass is 9.70. The highest BCUT2D eigenvalue weighted by Crippen LogP contribution is 2.74. The molecule has 3 aromatic carbocycles. The normalized spacial score (nSPS) is 20.2. The maximum atomic E-state index is 15.4. The molecule has 0 aliphatic heterocycles. The SMILES string of the molecule is CCCc1cc(CCC)c(S(OS(=O)(=O)CC23CCC(CC2=O)C3(C)C)(c2ccccc2)c2c(CCC)cc(CCC)cc2CCC)c(CCC)c1. The van der Waals surface area contributed by atoms with Crippen LogP contribution in [0.5, 0.6) is 0 Å². The van der Waals surface area contributed by atoms with Crippen LogP contribution < -0.4 is 0 Å². The average Bonchev–Trinajstić information content (AvgIpc) is 3.43. The van der Waals surface area contributed by atoms with Crippen molar-refractivity contribution in [3.8, 4) is 0 Å². The van der Waals surface area contributed by atoms with Crippen molar-refractivity contribution in [2.75, 3.05) is 5.75 Å². The third kappa shape index (κ3) is 7.60. The molecule has 0 spiro atoms. The number of hydrogen-bond donors (Lipinski definition) is 0. The Morgan fingerprint density at radius 3 is 1.42 bits per heavy atom. The predicted octanol–water partition coefficient (Wildman–Crippen LogP) is 12.3. The van der Waals surface area contributed by atoms with Gasteiger partial charge in [0.05, 0.1) is 11.2 Å². The van der Waals surface area contributed by atoms with Crippen LogP contribution in [0.3, 0.4) is 0 Å². The molecule has 0 N–H and O–H groups in total. The van der Waals surface area contributed by atoms with Gasteiger partial charge in [0.2, 0.25) is 0 Å². The smallest absolute Gasteiger partial charge is 0.278 e. The van der Waals surface area contributed by atoms with Crippen molar-refractivity contribution in [2.45, 2.75) is 166 Å². The fourth-order valence-corrected chi connectivity index (χ4v) is 16.6. The summed E-state index contributed by atoms with van der Waals surface area (Å²) < 4.78 is 38.2. The molecular weight excluding hydrogens is 681 g/mol. The summed E-state index contributed by atoms with van der Waals surface area (Å²) in [6, 6.07) is 19.8. The molecule has 0 aromatic heterocycles. The summed E-state index contributed by atoms with van der Waals surface area (Å²) in [6.07, 6.45) is 13.2. The van der Waals surface area contributed by atoms with Gasteiger partial charge >= 0.3 is 0 Å². The van der Waals surface area contributed by atoms with Crippen LogP contribution in [0.2, 0.25) is 0 Å². The fourth-order valence-electron chi connectivity index (χ4n) is 9.72. The first-order valence-corrected chi connectivity index (χ1v) is 23.7. The monoisotopic (exact) mass is 746 g/mol. The van der Waals surface area contributed by atoms with E-state index in [4.69, 9.17) is 3.63 Å². The van der Waals surface area contributed by atoms with Crippen LogP contribution in [-0.4, -0.2) is 20.0 Å². The molecule has 6 heteroatoms. The van der Waals surface area contributed by atoms with Gasteiger partial charge in [0.1, 0.15) is 5.78 Å². The molecule has 4 nitrogen and oxygen atoms in total. The largest absolute Gasteiger partial charge is 0.299 e. The summed E-state index contributed by atoms with van der Waals surface area (Å²) in [7, 11) is -7.15. The summed E-state index contributed by atoms with van der Waals surface area (Å²) in [6.45, 7) is 17.6. The Balaban J connectivity index is 1.96. The number of Topliss-reactive ketones (excluding diaryl/α,β-unsaturated/α-hetero) is 1. The lowest BCUT2D eigenvalue weighted by Crippen LogP contribution is -2.42. The van der Waals surface area contributed by atoms with E-state index in [1.54, 1.807) is 0 Å². The Kier molecular flexibility index (Phi) is 13.3. The first-order valence-electron chi connectivity index (χ1n) is 20.5. The Morgan fingerprint density at radius 1 is 0.654 bits per heavy atom. The van der Waals surface area contributed by atoms with Crippen molar-refractivity contribution in [3.63, 3.8) is 0 Å². The summed E-state index contributed by atoms with van der Waals surface area (Å²) in [5.74, 6) is 0.0635. The van der Waals surface area contributed by atoms with Crippen LogP contribution in [0.4, 0.5) is 0 Å². The number of ketones is 1. The molecule has 0 amide bonds. The summed E-state index contributed by atoms with van der Waals surface area (Å²) in [4.78, 5) is 17.0.